The predicted molar refractivity (Wildman–Crippen MR) is 81.2 cm³/mol. The maximum Gasteiger partial charge on any atom is 0.269 e. The van der Waals surface area contributed by atoms with Crippen LogP contribution < -0.4 is 11.1 Å². The average Bonchev–Trinajstić information content (AvgIpc) is 2.84. The highest BCUT2D eigenvalue weighted by molar-refractivity contribution is 6.34. The highest BCUT2D eigenvalue weighted by Gasteiger charge is 2.21. The van der Waals surface area contributed by atoms with Gasteiger partial charge in [-0.25, -0.2) is 4.68 Å². The van der Waals surface area contributed by atoms with E-state index in [4.69, 9.17) is 22.1 Å². The smallest absolute Gasteiger partial charge is 0.269 e. The van der Waals surface area contributed by atoms with E-state index in [1.165, 1.54) is 4.68 Å². The van der Waals surface area contributed by atoms with Crippen LogP contribution in [0.15, 0.2) is 18.3 Å². The second-order valence-electron chi connectivity index (χ2n) is 5.03. The van der Waals surface area contributed by atoms with Crippen molar-refractivity contribution in [3.8, 4) is 5.69 Å². The number of hydrogen-bond donors (Lipinski definition) is 2. The van der Waals surface area contributed by atoms with E-state index in [9.17, 15) is 4.79 Å². The second-order valence-corrected chi connectivity index (χ2v) is 5.41. The zero-order valence-corrected chi connectivity index (χ0v) is 12.8. The van der Waals surface area contributed by atoms with Crippen LogP contribution in [0, 0.1) is 6.92 Å². The van der Waals surface area contributed by atoms with Gasteiger partial charge in [-0.2, -0.15) is 5.10 Å². The molecule has 8 heteroatoms. The molecule has 0 aliphatic carbocycles. The normalized spacial score (nSPS) is 18.4. The lowest BCUT2D eigenvalue weighted by molar-refractivity contribution is 0.0250. The number of nitrogens with one attached hydrogen (secondary N) is 1. The van der Waals surface area contributed by atoms with Crippen LogP contribution in [0.2, 0.25) is 5.02 Å². The highest BCUT2D eigenvalue weighted by atomic mass is 35.5. The van der Waals surface area contributed by atoms with Gasteiger partial charge in [0.05, 0.1) is 34.9 Å². The van der Waals surface area contributed by atoms with E-state index >= 15 is 0 Å². The van der Waals surface area contributed by atoms with Crippen molar-refractivity contribution in [2.24, 2.45) is 5.73 Å². The Morgan fingerprint density at radius 1 is 1.55 bits per heavy atom. The molecule has 22 heavy (non-hydrogen) atoms. The zero-order valence-electron chi connectivity index (χ0n) is 12.0. The van der Waals surface area contributed by atoms with Gasteiger partial charge in [0.15, 0.2) is 5.69 Å². The molecule has 2 aromatic heterocycles. The van der Waals surface area contributed by atoms with E-state index in [2.05, 4.69) is 15.4 Å². The van der Waals surface area contributed by atoms with Gasteiger partial charge >= 0.3 is 0 Å². The van der Waals surface area contributed by atoms with Gasteiger partial charge in [0, 0.05) is 13.1 Å². The number of rotatable bonds is 3. The van der Waals surface area contributed by atoms with Gasteiger partial charge in [-0.3, -0.25) is 9.78 Å². The predicted octanol–water partition coefficient (Wildman–Crippen LogP) is 0.989. The summed E-state index contributed by atoms with van der Waals surface area (Å²) in [6.45, 7) is 3.95. The van der Waals surface area contributed by atoms with Crippen molar-refractivity contribution in [1.29, 1.82) is 0 Å². The van der Waals surface area contributed by atoms with Crippen LogP contribution in [-0.4, -0.2) is 40.4 Å². The van der Waals surface area contributed by atoms with Gasteiger partial charge in [0.1, 0.15) is 6.10 Å². The van der Waals surface area contributed by atoms with Crippen molar-refractivity contribution < 1.29 is 9.53 Å². The molecule has 0 saturated carbocycles. The number of hydrogen-bond acceptors (Lipinski definition) is 5. The molecule has 1 aliphatic heterocycles. The Morgan fingerprint density at radius 3 is 2.95 bits per heavy atom. The molecule has 116 valence electrons. The summed E-state index contributed by atoms with van der Waals surface area (Å²) in [5.41, 5.74) is 7.52. The Bertz CT molecular complexity index is 692. The number of carbonyl (C=O) groups is 1. The monoisotopic (exact) mass is 321 g/mol. The van der Waals surface area contributed by atoms with E-state index in [-0.39, 0.29) is 16.8 Å². The fourth-order valence-corrected chi connectivity index (χ4v) is 2.59. The minimum Gasteiger partial charge on any atom is -0.369 e. The van der Waals surface area contributed by atoms with Crippen LogP contribution in [0.5, 0.6) is 0 Å². The number of morpholine rings is 1. The molecule has 3 rings (SSSR count). The van der Waals surface area contributed by atoms with Gasteiger partial charge < -0.3 is 15.8 Å². The van der Waals surface area contributed by atoms with Crippen LogP contribution in [0.3, 0.4) is 0 Å². The zero-order chi connectivity index (χ0) is 15.7. The van der Waals surface area contributed by atoms with Crippen molar-refractivity contribution in [1.82, 2.24) is 20.1 Å². The summed E-state index contributed by atoms with van der Waals surface area (Å²) in [6, 6.07) is 3.66. The summed E-state index contributed by atoms with van der Waals surface area (Å²) in [6.07, 6.45) is 1.56. The number of ether oxygens (including phenoxy) is 1. The van der Waals surface area contributed by atoms with Crippen molar-refractivity contribution >= 4 is 17.5 Å². The third kappa shape index (κ3) is 2.70. The Balaban J connectivity index is 1.93. The first-order chi connectivity index (χ1) is 10.6. The number of carbonyl (C=O) groups excluding carboxylic acids is 1. The fourth-order valence-electron chi connectivity index (χ4n) is 2.38. The maximum atomic E-state index is 11.6. The summed E-state index contributed by atoms with van der Waals surface area (Å²) in [4.78, 5) is 16.0. The SMILES string of the molecule is Cc1nn(-c2ccc([C@H]3CNCCO3)nc2)c(C(N)=O)c1Cl. The molecule has 0 aromatic carbocycles. The third-order valence-electron chi connectivity index (χ3n) is 3.49. The van der Waals surface area contributed by atoms with Gasteiger partial charge in [0.25, 0.3) is 5.91 Å². The number of nitrogens with zero attached hydrogens (tertiary/aromatic N) is 3. The number of primary amides is 1. The molecule has 1 fully saturated rings. The van der Waals surface area contributed by atoms with Crippen molar-refractivity contribution in [2.75, 3.05) is 19.7 Å². The van der Waals surface area contributed by atoms with E-state index in [0.717, 1.165) is 18.8 Å². The maximum absolute atomic E-state index is 11.6. The summed E-state index contributed by atoms with van der Waals surface area (Å²) in [5, 5.41) is 7.76. The first-order valence-electron chi connectivity index (χ1n) is 6.91. The summed E-state index contributed by atoms with van der Waals surface area (Å²) in [7, 11) is 0. The molecule has 1 aliphatic rings. The summed E-state index contributed by atoms with van der Waals surface area (Å²) < 4.78 is 7.07. The van der Waals surface area contributed by atoms with Crippen LogP contribution >= 0.6 is 11.6 Å². The minimum absolute atomic E-state index is 0.0682. The topological polar surface area (TPSA) is 95.1 Å². The molecule has 2 aromatic rings. The molecule has 1 atom stereocenters. The van der Waals surface area contributed by atoms with E-state index in [1.807, 2.05) is 12.1 Å². The number of halogens is 1. The Morgan fingerprint density at radius 2 is 2.36 bits per heavy atom. The van der Waals surface area contributed by atoms with Crippen LogP contribution in [0.25, 0.3) is 5.69 Å². The van der Waals surface area contributed by atoms with Crippen molar-refractivity contribution in [2.45, 2.75) is 13.0 Å². The van der Waals surface area contributed by atoms with Gasteiger partial charge in [-0.1, -0.05) is 11.6 Å². The lowest BCUT2D eigenvalue weighted by Crippen LogP contribution is -2.33. The third-order valence-corrected chi connectivity index (χ3v) is 3.95. The van der Waals surface area contributed by atoms with E-state index < -0.39 is 5.91 Å². The summed E-state index contributed by atoms with van der Waals surface area (Å²) >= 11 is 6.08. The van der Waals surface area contributed by atoms with Gasteiger partial charge in [-0.05, 0) is 19.1 Å². The van der Waals surface area contributed by atoms with Gasteiger partial charge in [0.2, 0.25) is 0 Å². The molecule has 0 spiro atoms. The van der Waals surface area contributed by atoms with Crippen LogP contribution in [-0.2, 0) is 4.74 Å². The Labute approximate surface area is 132 Å². The summed E-state index contributed by atoms with van der Waals surface area (Å²) in [5.74, 6) is -0.630. The van der Waals surface area contributed by atoms with Crippen LogP contribution in [0.4, 0.5) is 0 Å². The Kier molecular flexibility index (Phi) is 4.10. The standard InChI is InChI=1S/C14H16ClN5O2/c1-8-12(15)13(14(16)21)20(19-8)9-2-3-10(18-6-9)11-7-17-4-5-22-11/h2-3,6,11,17H,4-5,7H2,1H3,(H2,16,21)/t11-/m1/s1. The lowest BCUT2D eigenvalue weighted by atomic mass is 10.2. The highest BCUT2D eigenvalue weighted by Crippen LogP contribution is 2.24. The molecule has 0 bridgehead atoms. The van der Waals surface area contributed by atoms with Crippen molar-refractivity contribution in [3.05, 3.63) is 40.4 Å². The first-order valence-corrected chi connectivity index (χ1v) is 7.29. The average molecular weight is 322 g/mol. The molecule has 3 N–H and O–H groups in total. The number of aryl methyl sites for hydroxylation is 1. The van der Waals surface area contributed by atoms with Crippen molar-refractivity contribution in [3.63, 3.8) is 0 Å². The molecule has 0 radical (unpaired) electrons. The molecule has 1 amide bonds. The fraction of sp³-hybridized carbons (Fsp3) is 0.357. The number of nitrogens with two attached hydrogens (primary N) is 1. The lowest BCUT2D eigenvalue weighted by Gasteiger charge is -2.23. The number of amides is 1. The quantitative estimate of drug-likeness (QED) is 0.879. The number of pyridine rings is 1. The number of aromatic nitrogens is 3. The van der Waals surface area contributed by atoms with E-state index in [0.29, 0.717) is 18.0 Å². The molecule has 0 unspecified atom stereocenters. The second kappa shape index (κ2) is 6.04. The molecule has 1 saturated heterocycles. The molecule has 7 nitrogen and oxygen atoms in total. The Hall–Kier alpha value is -1.96. The molecule has 3 heterocycles. The van der Waals surface area contributed by atoms with E-state index in [1.54, 1.807) is 13.1 Å². The van der Waals surface area contributed by atoms with Crippen LogP contribution in [0.1, 0.15) is 28.0 Å². The molecular formula is C14H16ClN5O2. The molecular weight excluding hydrogens is 306 g/mol. The minimum atomic E-state index is -0.630. The first kappa shape index (κ1) is 15.0. The largest absolute Gasteiger partial charge is 0.369 e. The van der Waals surface area contributed by atoms with Gasteiger partial charge in [-0.15, -0.1) is 0 Å².